The van der Waals surface area contributed by atoms with E-state index in [4.69, 9.17) is 0 Å². The van der Waals surface area contributed by atoms with E-state index in [9.17, 15) is 4.79 Å². The summed E-state index contributed by atoms with van der Waals surface area (Å²) >= 11 is 0. The second-order valence-electron chi connectivity index (χ2n) is 4.72. The van der Waals surface area contributed by atoms with Crippen LogP contribution in [0.15, 0.2) is 54.6 Å². The van der Waals surface area contributed by atoms with Crippen LogP contribution in [-0.4, -0.2) is 5.78 Å². The van der Waals surface area contributed by atoms with Gasteiger partial charge in [0.2, 0.25) is 5.78 Å². The van der Waals surface area contributed by atoms with Crippen LogP contribution in [0.1, 0.15) is 41.3 Å². The summed E-state index contributed by atoms with van der Waals surface area (Å²) in [4.78, 5) is 11.9. The van der Waals surface area contributed by atoms with E-state index in [2.05, 4.69) is 25.7 Å². The van der Waals surface area contributed by atoms with Gasteiger partial charge in [-0.15, -0.1) is 0 Å². The van der Waals surface area contributed by atoms with Crippen LogP contribution >= 0.6 is 0 Å². The first-order valence-corrected chi connectivity index (χ1v) is 6.38. The summed E-state index contributed by atoms with van der Waals surface area (Å²) in [6.45, 7) is 4.26. The van der Waals surface area contributed by atoms with E-state index < -0.39 is 0 Å². The standard InChI is InChI=1S/C18H16O/c1-14(2)16-9-11-17(12-10-16)18(19)13-8-15-6-4-3-5-7-15/h3-7,9-12,14H,1-2H3. The van der Waals surface area contributed by atoms with Crippen LogP contribution in [0.2, 0.25) is 0 Å². The van der Waals surface area contributed by atoms with Gasteiger partial charge in [0.1, 0.15) is 0 Å². The summed E-state index contributed by atoms with van der Waals surface area (Å²) in [7, 11) is 0. The summed E-state index contributed by atoms with van der Waals surface area (Å²) < 4.78 is 0. The van der Waals surface area contributed by atoms with Crippen molar-refractivity contribution >= 4 is 5.78 Å². The Balaban J connectivity index is 2.15. The van der Waals surface area contributed by atoms with Gasteiger partial charge in [0, 0.05) is 11.1 Å². The number of rotatable bonds is 2. The third-order valence-electron chi connectivity index (χ3n) is 2.93. The van der Waals surface area contributed by atoms with Gasteiger partial charge in [-0.3, -0.25) is 4.79 Å². The SMILES string of the molecule is CC(C)c1ccc(C(=O)C#Cc2ccccc2)cc1. The van der Waals surface area contributed by atoms with Gasteiger partial charge in [0.25, 0.3) is 0 Å². The van der Waals surface area contributed by atoms with Gasteiger partial charge in [-0.25, -0.2) is 0 Å². The van der Waals surface area contributed by atoms with E-state index in [1.807, 2.05) is 54.6 Å². The van der Waals surface area contributed by atoms with Gasteiger partial charge in [-0.1, -0.05) is 62.2 Å². The lowest BCUT2D eigenvalue weighted by Gasteiger charge is -2.04. The number of hydrogen-bond acceptors (Lipinski definition) is 1. The Morgan fingerprint density at radius 2 is 1.58 bits per heavy atom. The van der Waals surface area contributed by atoms with Gasteiger partial charge in [0.05, 0.1) is 0 Å². The van der Waals surface area contributed by atoms with Crippen LogP contribution in [-0.2, 0) is 0 Å². The fourth-order valence-corrected chi connectivity index (χ4v) is 1.74. The molecule has 0 saturated carbocycles. The van der Waals surface area contributed by atoms with E-state index in [-0.39, 0.29) is 5.78 Å². The van der Waals surface area contributed by atoms with Crippen molar-refractivity contribution < 1.29 is 4.79 Å². The molecule has 19 heavy (non-hydrogen) atoms. The lowest BCUT2D eigenvalue weighted by molar-refractivity contribution is 0.105. The fourth-order valence-electron chi connectivity index (χ4n) is 1.74. The third kappa shape index (κ3) is 3.56. The van der Waals surface area contributed by atoms with Crippen molar-refractivity contribution in [3.05, 3.63) is 71.3 Å². The first-order chi connectivity index (χ1) is 9.16. The zero-order chi connectivity index (χ0) is 13.7. The molecule has 0 atom stereocenters. The molecule has 0 heterocycles. The Morgan fingerprint density at radius 1 is 0.947 bits per heavy atom. The zero-order valence-corrected chi connectivity index (χ0v) is 11.2. The molecular weight excluding hydrogens is 232 g/mol. The quantitative estimate of drug-likeness (QED) is 0.579. The molecule has 0 aromatic heterocycles. The normalized spacial score (nSPS) is 9.84. The third-order valence-corrected chi connectivity index (χ3v) is 2.93. The molecule has 1 heteroatoms. The van der Waals surface area contributed by atoms with Crippen LogP contribution in [0.3, 0.4) is 0 Å². The average molecular weight is 248 g/mol. The second-order valence-corrected chi connectivity index (χ2v) is 4.72. The molecule has 0 aliphatic carbocycles. The Labute approximate surface area is 114 Å². The summed E-state index contributed by atoms with van der Waals surface area (Å²) in [6.07, 6.45) is 0. The number of carbonyl (C=O) groups excluding carboxylic acids is 1. The Bertz CT molecular complexity index is 610. The van der Waals surface area contributed by atoms with Crippen LogP contribution in [0.4, 0.5) is 0 Å². The number of Topliss-reactive ketones (excluding diaryl/α,β-unsaturated/α-hetero) is 1. The zero-order valence-electron chi connectivity index (χ0n) is 11.2. The largest absolute Gasteiger partial charge is 0.279 e. The Morgan fingerprint density at radius 3 is 2.16 bits per heavy atom. The van der Waals surface area contributed by atoms with E-state index in [1.165, 1.54) is 5.56 Å². The van der Waals surface area contributed by atoms with Crippen LogP contribution in [0.5, 0.6) is 0 Å². The maximum absolute atomic E-state index is 11.9. The maximum atomic E-state index is 11.9. The average Bonchev–Trinajstić information content (AvgIpc) is 2.46. The number of hydrogen-bond donors (Lipinski definition) is 0. The smallest absolute Gasteiger partial charge is 0.236 e. The van der Waals surface area contributed by atoms with Crippen LogP contribution < -0.4 is 0 Å². The van der Waals surface area contributed by atoms with Crippen LogP contribution in [0.25, 0.3) is 0 Å². The van der Waals surface area contributed by atoms with Gasteiger partial charge in [0.15, 0.2) is 0 Å². The van der Waals surface area contributed by atoms with E-state index in [1.54, 1.807) is 0 Å². The highest BCUT2D eigenvalue weighted by Crippen LogP contribution is 2.14. The van der Waals surface area contributed by atoms with Crippen molar-refractivity contribution in [2.24, 2.45) is 0 Å². The molecule has 94 valence electrons. The highest BCUT2D eigenvalue weighted by Gasteiger charge is 2.03. The minimum Gasteiger partial charge on any atom is -0.279 e. The van der Waals surface area contributed by atoms with E-state index in [0.29, 0.717) is 11.5 Å². The van der Waals surface area contributed by atoms with Crippen molar-refractivity contribution in [2.75, 3.05) is 0 Å². The molecule has 0 aliphatic rings. The molecule has 2 aromatic rings. The molecule has 2 aromatic carbocycles. The number of carbonyl (C=O) groups is 1. The molecule has 0 fully saturated rings. The summed E-state index contributed by atoms with van der Waals surface area (Å²) in [6, 6.07) is 17.2. The predicted molar refractivity (Wildman–Crippen MR) is 78.2 cm³/mol. The lowest BCUT2D eigenvalue weighted by Crippen LogP contribution is -1.96. The van der Waals surface area contributed by atoms with Gasteiger partial charge < -0.3 is 0 Å². The lowest BCUT2D eigenvalue weighted by atomic mass is 10.0. The summed E-state index contributed by atoms with van der Waals surface area (Å²) in [5, 5.41) is 0. The topological polar surface area (TPSA) is 17.1 Å². The molecule has 0 N–H and O–H groups in total. The van der Waals surface area contributed by atoms with Crippen LogP contribution in [0, 0.1) is 11.8 Å². The molecular formula is C18H16O. The highest BCUT2D eigenvalue weighted by molar-refractivity contribution is 6.09. The van der Waals surface area contributed by atoms with Gasteiger partial charge in [-0.05, 0) is 29.5 Å². The molecule has 2 rings (SSSR count). The summed E-state index contributed by atoms with van der Waals surface area (Å²) in [5.41, 5.74) is 2.73. The minimum atomic E-state index is -0.140. The first-order valence-electron chi connectivity index (χ1n) is 6.38. The Kier molecular flexibility index (Phi) is 4.15. The molecule has 0 spiro atoms. The number of ketones is 1. The summed E-state index contributed by atoms with van der Waals surface area (Å²) in [5.74, 6) is 5.89. The molecule has 0 aliphatic heterocycles. The number of benzene rings is 2. The molecule has 1 nitrogen and oxygen atoms in total. The predicted octanol–water partition coefficient (Wildman–Crippen LogP) is 4.04. The van der Waals surface area contributed by atoms with Crippen molar-refractivity contribution in [3.8, 4) is 11.8 Å². The second kappa shape index (κ2) is 6.02. The Hall–Kier alpha value is -2.33. The van der Waals surface area contributed by atoms with E-state index in [0.717, 1.165) is 5.56 Å². The van der Waals surface area contributed by atoms with Gasteiger partial charge in [-0.2, -0.15) is 0 Å². The highest BCUT2D eigenvalue weighted by atomic mass is 16.1. The molecule has 0 amide bonds. The minimum absolute atomic E-state index is 0.140. The maximum Gasteiger partial charge on any atom is 0.236 e. The molecule has 0 radical (unpaired) electrons. The van der Waals surface area contributed by atoms with Crippen molar-refractivity contribution in [1.29, 1.82) is 0 Å². The first kappa shape index (κ1) is 13.1. The fraction of sp³-hybridized carbons (Fsp3) is 0.167. The van der Waals surface area contributed by atoms with Crippen molar-refractivity contribution in [1.82, 2.24) is 0 Å². The molecule has 0 saturated heterocycles. The van der Waals surface area contributed by atoms with E-state index >= 15 is 0 Å². The molecule has 0 unspecified atom stereocenters. The van der Waals surface area contributed by atoms with Crippen molar-refractivity contribution in [3.63, 3.8) is 0 Å². The monoisotopic (exact) mass is 248 g/mol. The van der Waals surface area contributed by atoms with Gasteiger partial charge >= 0.3 is 0 Å². The molecule has 0 bridgehead atoms. The van der Waals surface area contributed by atoms with Crippen molar-refractivity contribution in [2.45, 2.75) is 19.8 Å².